The van der Waals surface area contributed by atoms with Crippen molar-refractivity contribution in [1.82, 2.24) is 0 Å². The second kappa shape index (κ2) is 10.2. The van der Waals surface area contributed by atoms with Gasteiger partial charge in [0.1, 0.15) is 17.4 Å². The Bertz CT molecular complexity index is 902. The number of methoxy groups -OCH3 is 1. The molecule has 2 aromatic rings. The number of amides is 1. The van der Waals surface area contributed by atoms with Gasteiger partial charge in [-0.3, -0.25) is 4.79 Å². The van der Waals surface area contributed by atoms with Crippen LogP contribution in [0, 0.1) is 11.3 Å². The third-order valence-corrected chi connectivity index (χ3v) is 3.92. The van der Waals surface area contributed by atoms with Crippen LogP contribution in [0.5, 0.6) is 17.2 Å². The molecule has 0 aliphatic heterocycles. The van der Waals surface area contributed by atoms with Crippen LogP contribution in [0.25, 0.3) is 6.08 Å². The van der Waals surface area contributed by atoms with E-state index in [1.807, 2.05) is 19.9 Å². The van der Waals surface area contributed by atoms with Crippen molar-refractivity contribution in [1.29, 1.82) is 5.26 Å². The summed E-state index contributed by atoms with van der Waals surface area (Å²) < 4.78 is 16.1. The van der Waals surface area contributed by atoms with Gasteiger partial charge < -0.3 is 19.5 Å². The minimum Gasteiger partial charge on any atom is -0.494 e. The van der Waals surface area contributed by atoms with Gasteiger partial charge in [-0.2, -0.15) is 5.26 Å². The van der Waals surface area contributed by atoms with Crippen LogP contribution >= 0.6 is 11.6 Å². The lowest BCUT2D eigenvalue weighted by Gasteiger charge is -2.12. The van der Waals surface area contributed by atoms with Gasteiger partial charge in [0.25, 0.3) is 5.91 Å². The number of nitriles is 1. The molecule has 146 valence electrons. The van der Waals surface area contributed by atoms with E-state index in [1.54, 1.807) is 36.4 Å². The van der Waals surface area contributed by atoms with E-state index >= 15 is 0 Å². The second-order valence-corrected chi connectivity index (χ2v) is 5.96. The van der Waals surface area contributed by atoms with E-state index in [2.05, 4.69) is 5.32 Å². The molecule has 0 unspecified atom stereocenters. The number of nitrogens with zero attached hydrogens (tertiary/aromatic N) is 1. The van der Waals surface area contributed by atoms with Crippen molar-refractivity contribution >= 4 is 29.3 Å². The number of hydrogen-bond donors (Lipinski definition) is 1. The third-order valence-electron chi connectivity index (χ3n) is 3.64. The average Bonchev–Trinajstić information content (AvgIpc) is 2.69. The van der Waals surface area contributed by atoms with Crippen molar-refractivity contribution in [3.8, 4) is 23.3 Å². The molecule has 0 aliphatic carbocycles. The molecule has 6 nitrogen and oxygen atoms in total. The lowest BCUT2D eigenvalue weighted by molar-refractivity contribution is -0.112. The Labute approximate surface area is 169 Å². The quantitative estimate of drug-likeness (QED) is 0.513. The van der Waals surface area contributed by atoms with E-state index in [1.165, 1.54) is 13.2 Å². The monoisotopic (exact) mass is 400 g/mol. The van der Waals surface area contributed by atoms with Gasteiger partial charge in [-0.05, 0) is 61.9 Å². The Morgan fingerprint density at radius 3 is 2.43 bits per heavy atom. The first kappa shape index (κ1) is 21.1. The fraction of sp³-hybridized carbons (Fsp3) is 0.238. The normalized spacial score (nSPS) is 10.8. The van der Waals surface area contributed by atoms with E-state index < -0.39 is 5.91 Å². The summed E-state index contributed by atoms with van der Waals surface area (Å²) in [4.78, 5) is 12.4. The molecule has 1 N–H and O–H groups in total. The molecule has 1 amide bonds. The van der Waals surface area contributed by atoms with Crippen LogP contribution in [-0.4, -0.2) is 26.2 Å². The molecule has 0 aromatic heterocycles. The van der Waals surface area contributed by atoms with E-state index in [0.29, 0.717) is 46.7 Å². The topological polar surface area (TPSA) is 80.6 Å². The highest BCUT2D eigenvalue weighted by atomic mass is 35.5. The molecule has 0 atom stereocenters. The number of carbonyl (C=O) groups excluding carboxylic acids is 1. The number of hydrogen-bond acceptors (Lipinski definition) is 5. The summed E-state index contributed by atoms with van der Waals surface area (Å²) >= 11 is 6.24. The van der Waals surface area contributed by atoms with Crippen molar-refractivity contribution in [2.45, 2.75) is 13.8 Å². The number of benzene rings is 2. The Hall–Kier alpha value is -3.17. The maximum Gasteiger partial charge on any atom is 0.266 e. The van der Waals surface area contributed by atoms with E-state index in [-0.39, 0.29) is 5.57 Å². The number of nitrogens with one attached hydrogen (secondary N) is 1. The van der Waals surface area contributed by atoms with Gasteiger partial charge in [0.15, 0.2) is 11.5 Å². The molecule has 7 heteroatoms. The summed E-state index contributed by atoms with van der Waals surface area (Å²) in [5.41, 5.74) is 1.02. The SMILES string of the molecule is CCOc1ccc(NC(=O)/C(C#N)=C\c2cc(Cl)c(OCC)c(OC)c2)cc1. The van der Waals surface area contributed by atoms with Crippen molar-refractivity contribution in [2.24, 2.45) is 0 Å². The number of rotatable bonds is 8. The highest BCUT2D eigenvalue weighted by molar-refractivity contribution is 6.32. The summed E-state index contributed by atoms with van der Waals surface area (Å²) in [7, 11) is 1.49. The molecule has 28 heavy (non-hydrogen) atoms. The number of halogens is 1. The Kier molecular flexibility index (Phi) is 7.73. The van der Waals surface area contributed by atoms with E-state index in [9.17, 15) is 10.1 Å². The third kappa shape index (κ3) is 5.41. The molecule has 0 fully saturated rings. The van der Waals surface area contributed by atoms with Gasteiger partial charge in [0, 0.05) is 5.69 Å². The molecule has 0 bridgehead atoms. The minimum atomic E-state index is -0.532. The number of anilines is 1. The van der Waals surface area contributed by atoms with Crippen molar-refractivity contribution < 1.29 is 19.0 Å². The summed E-state index contributed by atoms with van der Waals surface area (Å²) in [6.45, 7) is 4.71. The number of carbonyl (C=O) groups is 1. The molecular weight excluding hydrogens is 380 g/mol. The minimum absolute atomic E-state index is 0.0730. The molecular formula is C21H21ClN2O4. The van der Waals surface area contributed by atoms with Crippen LogP contribution in [0.2, 0.25) is 5.02 Å². The van der Waals surface area contributed by atoms with Gasteiger partial charge in [-0.15, -0.1) is 0 Å². The van der Waals surface area contributed by atoms with Crippen LogP contribution in [0.4, 0.5) is 5.69 Å². The molecule has 0 saturated heterocycles. The molecule has 0 spiro atoms. The average molecular weight is 401 g/mol. The predicted molar refractivity (Wildman–Crippen MR) is 109 cm³/mol. The summed E-state index contributed by atoms with van der Waals surface area (Å²) in [6, 6.07) is 12.1. The molecule has 2 aromatic carbocycles. The highest BCUT2D eigenvalue weighted by Crippen LogP contribution is 2.37. The van der Waals surface area contributed by atoms with Crippen molar-refractivity contribution in [3.05, 3.63) is 52.6 Å². The predicted octanol–water partition coefficient (Wildman–Crippen LogP) is 4.69. The Balaban J connectivity index is 2.24. The van der Waals surface area contributed by atoms with Gasteiger partial charge in [-0.25, -0.2) is 0 Å². The van der Waals surface area contributed by atoms with Crippen LogP contribution in [-0.2, 0) is 4.79 Å². The first-order chi connectivity index (χ1) is 13.5. The Morgan fingerprint density at radius 2 is 1.86 bits per heavy atom. The fourth-order valence-corrected chi connectivity index (χ4v) is 2.70. The van der Waals surface area contributed by atoms with Crippen LogP contribution in [0.3, 0.4) is 0 Å². The Morgan fingerprint density at radius 1 is 1.18 bits per heavy atom. The van der Waals surface area contributed by atoms with Crippen molar-refractivity contribution in [3.63, 3.8) is 0 Å². The van der Waals surface area contributed by atoms with Gasteiger partial charge in [-0.1, -0.05) is 11.6 Å². The summed E-state index contributed by atoms with van der Waals surface area (Å²) in [5, 5.41) is 12.4. The number of ether oxygens (including phenoxy) is 3. The smallest absolute Gasteiger partial charge is 0.266 e. The first-order valence-electron chi connectivity index (χ1n) is 8.68. The maximum absolute atomic E-state index is 12.4. The summed E-state index contributed by atoms with van der Waals surface area (Å²) in [6.07, 6.45) is 1.44. The largest absolute Gasteiger partial charge is 0.494 e. The zero-order valence-electron chi connectivity index (χ0n) is 15.9. The van der Waals surface area contributed by atoms with Crippen LogP contribution < -0.4 is 19.5 Å². The standard InChI is InChI=1S/C21H21ClN2O4/c1-4-27-17-8-6-16(7-9-17)24-21(25)15(13-23)10-14-11-18(22)20(28-5-2)19(12-14)26-3/h6-12H,4-5H2,1-3H3,(H,24,25)/b15-10-. The highest BCUT2D eigenvalue weighted by Gasteiger charge is 2.14. The molecule has 0 radical (unpaired) electrons. The van der Waals surface area contributed by atoms with E-state index in [0.717, 1.165) is 0 Å². The van der Waals surface area contributed by atoms with Crippen LogP contribution in [0.1, 0.15) is 19.4 Å². The molecule has 0 heterocycles. The lowest BCUT2D eigenvalue weighted by atomic mass is 10.1. The zero-order chi connectivity index (χ0) is 20.5. The zero-order valence-corrected chi connectivity index (χ0v) is 16.7. The summed E-state index contributed by atoms with van der Waals surface area (Å²) in [5.74, 6) is 1.01. The van der Waals surface area contributed by atoms with E-state index in [4.69, 9.17) is 25.8 Å². The van der Waals surface area contributed by atoms with Gasteiger partial charge >= 0.3 is 0 Å². The fourth-order valence-electron chi connectivity index (χ4n) is 2.42. The van der Waals surface area contributed by atoms with Gasteiger partial charge in [0.05, 0.1) is 25.3 Å². The first-order valence-corrected chi connectivity index (χ1v) is 9.06. The molecule has 2 rings (SSSR count). The second-order valence-electron chi connectivity index (χ2n) is 5.55. The van der Waals surface area contributed by atoms with Crippen molar-refractivity contribution in [2.75, 3.05) is 25.6 Å². The lowest BCUT2D eigenvalue weighted by Crippen LogP contribution is -2.13. The molecule has 0 saturated carbocycles. The van der Waals surface area contributed by atoms with Gasteiger partial charge in [0.2, 0.25) is 0 Å². The maximum atomic E-state index is 12.4. The van der Waals surface area contributed by atoms with Crippen LogP contribution in [0.15, 0.2) is 42.0 Å². The molecule has 0 aliphatic rings.